The van der Waals surface area contributed by atoms with Gasteiger partial charge in [0.05, 0.1) is 42.8 Å². The van der Waals surface area contributed by atoms with Gasteiger partial charge in [0.25, 0.3) is 5.91 Å². The number of imidazole rings is 2. The lowest BCUT2D eigenvalue weighted by atomic mass is 10.1. The first-order chi connectivity index (χ1) is 22.8. The largest absolute Gasteiger partial charge is 0.491 e. The Morgan fingerprint density at radius 2 is 1.81 bits per heavy atom. The number of hydrogen-bond donors (Lipinski definition) is 2. The molecule has 3 aromatic carbocycles. The van der Waals surface area contributed by atoms with E-state index < -0.39 is 5.97 Å². The predicted octanol–water partition coefficient (Wildman–Crippen LogP) is 4.74. The van der Waals surface area contributed by atoms with Crippen molar-refractivity contribution in [3.8, 4) is 5.75 Å². The summed E-state index contributed by atoms with van der Waals surface area (Å²) < 4.78 is 18.0. The number of aromatic nitrogens is 4. The number of aromatic amines is 1. The molecule has 2 aromatic heterocycles. The Morgan fingerprint density at radius 1 is 1.02 bits per heavy atom. The van der Waals surface area contributed by atoms with Gasteiger partial charge in [-0.1, -0.05) is 42.5 Å². The number of rotatable bonds is 10. The Hall–Kier alpha value is -5.65. The predicted molar refractivity (Wildman–Crippen MR) is 173 cm³/mol. The monoisotopic (exact) mass is 636 g/mol. The Bertz CT molecular complexity index is 1920. The molecule has 2 N–H and O–H groups in total. The van der Waals surface area contributed by atoms with Gasteiger partial charge in [0, 0.05) is 31.3 Å². The van der Waals surface area contributed by atoms with E-state index in [1.165, 1.54) is 7.11 Å². The molecule has 12 nitrogen and oxygen atoms in total. The van der Waals surface area contributed by atoms with E-state index in [0.717, 1.165) is 39.6 Å². The topological polar surface area (TPSA) is 141 Å². The van der Waals surface area contributed by atoms with Crippen LogP contribution in [0.4, 0.5) is 4.79 Å². The van der Waals surface area contributed by atoms with Crippen LogP contribution in [0.15, 0.2) is 72.8 Å². The van der Waals surface area contributed by atoms with Gasteiger partial charge in [0.15, 0.2) is 0 Å². The van der Waals surface area contributed by atoms with Gasteiger partial charge in [0.2, 0.25) is 0 Å². The molecule has 0 spiro atoms. The van der Waals surface area contributed by atoms with Crippen molar-refractivity contribution < 1.29 is 28.6 Å². The summed E-state index contributed by atoms with van der Waals surface area (Å²) in [6.07, 6.45) is 0.294. The summed E-state index contributed by atoms with van der Waals surface area (Å²) in [5.41, 5.74) is 5.16. The van der Waals surface area contributed by atoms with Crippen molar-refractivity contribution in [2.75, 3.05) is 26.8 Å². The van der Waals surface area contributed by atoms with Crippen molar-refractivity contribution >= 4 is 29.0 Å². The minimum atomic E-state index is -0.488. The molecule has 1 atom stereocenters. The second-order valence-corrected chi connectivity index (χ2v) is 11.3. The van der Waals surface area contributed by atoms with Gasteiger partial charge in [-0.05, 0) is 42.8 Å². The molecular weight excluding hydrogens is 600 g/mol. The van der Waals surface area contributed by atoms with E-state index in [1.807, 2.05) is 61.0 Å². The van der Waals surface area contributed by atoms with Crippen LogP contribution in [0.3, 0.4) is 0 Å². The van der Waals surface area contributed by atoms with Crippen LogP contribution in [0, 0.1) is 0 Å². The molecule has 0 saturated heterocycles. The Balaban J connectivity index is 1.07. The minimum Gasteiger partial charge on any atom is -0.491 e. The van der Waals surface area contributed by atoms with Gasteiger partial charge < -0.3 is 34.0 Å². The highest BCUT2D eigenvalue weighted by atomic mass is 16.6. The quantitative estimate of drug-likeness (QED) is 0.166. The van der Waals surface area contributed by atoms with Crippen molar-refractivity contribution in [1.29, 1.82) is 0 Å². The number of benzene rings is 3. The number of methoxy groups -OCH3 is 1. The zero-order valence-corrected chi connectivity index (χ0v) is 26.5. The molecule has 47 heavy (non-hydrogen) atoms. The number of nitrogens with zero attached hydrogens (tertiary/aromatic N) is 4. The van der Waals surface area contributed by atoms with Crippen LogP contribution in [0.5, 0.6) is 5.75 Å². The van der Waals surface area contributed by atoms with Crippen molar-refractivity contribution in [3.05, 3.63) is 113 Å². The van der Waals surface area contributed by atoms with Gasteiger partial charge in [-0.25, -0.2) is 19.6 Å². The highest BCUT2D eigenvalue weighted by Gasteiger charge is 2.28. The van der Waals surface area contributed by atoms with Crippen molar-refractivity contribution in [3.63, 3.8) is 0 Å². The lowest BCUT2D eigenvalue weighted by molar-refractivity contribution is 0.0595. The number of hydrogen-bond acceptors (Lipinski definition) is 8. The van der Waals surface area contributed by atoms with Crippen LogP contribution < -0.4 is 10.1 Å². The summed E-state index contributed by atoms with van der Waals surface area (Å²) in [5, 5.41) is 2.87. The van der Waals surface area contributed by atoms with Crippen LogP contribution >= 0.6 is 0 Å². The van der Waals surface area contributed by atoms with Crippen LogP contribution in [0.1, 0.15) is 62.2 Å². The van der Waals surface area contributed by atoms with Gasteiger partial charge in [-0.3, -0.25) is 4.79 Å². The summed E-state index contributed by atoms with van der Waals surface area (Å²) >= 11 is 0. The molecule has 6 rings (SSSR count). The zero-order chi connectivity index (χ0) is 32.9. The number of esters is 1. The number of nitrogens with one attached hydrogen (secondary N) is 2. The van der Waals surface area contributed by atoms with E-state index in [1.54, 1.807) is 35.2 Å². The van der Waals surface area contributed by atoms with Crippen LogP contribution in [-0.2, 0) is 36.1 Å². The summed E-state index contributed by atoms with van der Waals surface area (Å²) in [6.45, 7) is 3.59. The summed E-state index contributed by atoms with van der Waals surface area (Å²) in [7, 11) is 3.23. The molecule has 12 heteroatoms. The van der Waals surface area contributed by atoms with Crippen LogP contribution in [0.2, 0.25) is 0 Å². The lowest BCUT2D eigenvalue weighted by Crippen LogP contribution is -2.36. The van der Waals surface area contributed by atoms with Gasteiger partial charge in [0.1, 0.15) is 36.2 Å². The third-order valence-electron chi connectivity index (χ3n) is 8.23. The van der Waals surface area contributed by atoms with E-state index in [2.05, 4.69) is 10.3 Å². The van der Waals surface area contributed by atoms with Gasteiger partial charge in [-0.2, -0.15) is 0 Å². The molecule has 0 aliphatic carbocycles. The Labute approximate surface area is 271 Å². The fourth-order valence-corrected chi connectivity index (χ4v) is 5.64. The zero-order valence-electron chi connectivity index (χ0n) is 26.5. The number of para-hydroxylation sites is 1. The third-order valence-corrected chi connectivity index (χ3v) is 8.23. The minimum absolute atomic E-state index is 0.168. The first-order valence-electron chi connectivity index (χ1n) is 15.4. The van der Waals surface area contributed by atoms with E-state index in [0.29, 0.717) is 36.4 Å². The SMILES string of the molecule is COC(=O)c1ccccc1OCCNC(=O)c1ccc2nc(C(C)c3nc4c([nH]3)CCN(C(=O)OCc3ccccc3)C4)n(C)c2c1. The fourth-order valence-electron chi connectivity index (χ4n) is 5.64. The van der Waals surface area contributed by atoms with Crippen molar-refractivity contribution in [2.24, 2.45) is 7.05 Å². The summed E-state index contributed by atoms with van der Waals surface area (Å²) in [6, 6.07) is 21.8. The number of aryl methyl sites for hydroxylation is 1. The molecule has 242 valence electrons. The van der Waals surface area contributed by atoms with E-state index in [9.17, 15) is 14.4 Å². The number of carbonyl (C=O) groups is 3. The number of fused-ring (bicyclic) bond motifs is 2. The molecule has 0 saturated carbocycles. The van der Waals surface area contributed by atoms with E-state index in [4.69, 9.17) is 24.2 Å². The molecule has 0 radical (unpaired) electrons. The number of ether oxygens (including phenoxy) is 3. The average molecular weight is 637 g/mol. The van der Waals surface area contributed by atoms with Crippen molar-refractivity contribution in [1.82, 2.24) is 29.7 Å². The molecule has 1 unspecified atom stereocenters. The highest BCUT2D eigenvalue weighted by Crippen LogP contribution is 2.28. The molecule has 0 fully saturated rings. The number of H-pyrrole nitrogens is 1. The third kappa shape index (κ3) is 6.81. The molecule has 3 heterocycles. The van der Waals surface area contributed by atoms with Crippen molar-refractivity contribution in [2.45, 2.75) is 32.4 Å². The highest BCUT2D eigenvalue weighted by molar-refractivity contribution is 5.97. The van der Waals surface area contributed by atoms with Crippen LogP contribution in [0.25, 0.3) is 11.0 Å². The van der Waals surface area contributed by atoms with Gasteiger partial charge >= 0.3 is 12.1 Å². The maximum atomic E-state index is 13.0. The summed E-state index contributed by atoms with van der Waals surface area (Å²) in [4.78, 5) is 52.5. The van der Waals surface area contributed by atoms with Gasteiger partial charge in [-0.15, -0.1) is 0 Å². The number of amides is 2. The standard InChI is InChI=1S/C35H36N6O6/c1-22(31-37-26-15-17-41(20-28(26)38-31)35(44)47-21-23-9-5-4-6-10-23)32-39-27-14-13-24(19-29(27)40(32)2)33(42)36-16-18-46-30-12-8-7-11-25(30)34(43)45-3/h4-14,19,22H,15-18,20-21H2,1-3H3,(H,36,42)(H,37,38). The second kappa shape index (κ2) is 13.8. The smallest absolute Gasteiger partial charge is 0.410 e. The average Bonchev–Trinajstić information content (AvgIpc) is 3.69. The molecule has 1 aliphatic rings. The molecule has 0 bridgehead atoms. The van der Waals surface area contributed by atoms with E-state index >= 15 is 0 Å². The lowest BCUT2D eigenvalue weighted by Gasteiger charge is -2.25. The molecule has 2 amide bonds. The Kier molecular flexibility index (Phi) is 9.18. The maximum absolute atomic E-state index is 13.0. The molecule has 1 aliphatic heterocycles. The number of carbonyl (C=O) groups excluding carboxylic acids is 3. The maximum Gasteiger partial charge on any atom is 0.410 e. The Morgan fingerprint density at radius 3 is 2.62 bits per heavy atom. The normalized spacial score (nSPS) is 13.1. The molecule has 5 aromatic rings. The summed E-state index contributed by atoms with van der Waals surface area (Å²) in [5.74, 6) is 1.04. The first-order valence-corrected chi connectivity index (χ1v) is 15.4. The van der Waals surface area contributed by atoms with Crippen LogP contribution in [-0.4, -0.2) is 69.2 Å². The molecular formula is C35H36N6O6. The fraction of sp³-hybridized carbons (Fsp3) is 0.286. The van der Waals surface area contributed by atoms with E-state index in [-0.39, 0.29) is 37.7 Å². The second-order valence-electron chi connectivity index (χ2n) is 11.3. The first kappa shape index (κ1) is 31.3.